The Bertz CT molecular complexity index is 243. The largest absolute Gasteiger partial charge is 0.396 e. The standard InChI is InChI=1S/C17H33NO/c1-2-6-14-7-5-9-16(12-11-14)18-17-10-4-3-8-15(17)13-19/h14-19H,2-13H2,1H3. The molecule has 2 fully saturated rings. The second-order valence-corrected chi connectivity index (χ2v) is 6.86. The lowest BCUT2D eigenvalue weighted by Gasteiger charge is -2.34. The molecule has 0 saturated heterocycles. The molecule has 0 aromatic rings. The zero-order chi connectivity index (χ0) is 13.5. The van der Waals surface area contributed by atoms with Crippen LogP contribution in [0.4, 0.5) is 0 Å². The van der Waals surface area contributed by atoms with Crippen LogP contribution < -0.4 is 5.32 Å². The Morgan fingerprint density at radius 1 is 0.947 bits per heavy atom. The van der Waals surface area contributed by atoms with E-state index in [1.165, 1.54) is 70.6 Å². The van der Waals surface area contributed by atoms with E-state index in [-0.39, 0.29) is 0 Å². The molecule has 112 valence electrons. The fourth-order valence-electron chi connectivity index (χ4n) is 4.19. The van der Waals surface area contributed by atoms with Crippen LogP contribution in [0.1, 0.15) is 77.6 Å². The molecule has 4 unspecified atom stereocenters. The van der Waals surface area contributed by atoms with E-state index in [0.29, 0.717) is 18.6 Å². The minimum atomic E-state index is 0.378. The molecule has 2 nitrogen and oxygen atoms in total. The van der Waals surface area contributed by atoms with Gasteiger partial charge in [-0.05, 0) is 43.9 Å². The first-order valence-corrected chi connectivity index (χ1v) is 8.70. The van der Waals surface area contributed by atoms with Gasteiger partial charge in [0.15, 0.2) is 0 Å². The molecule has 0 spiro atoms. The second kappa shape index (κ2) is 8.26. The van der Waals surface area contributed by atoms with E-state index in [1.807, 2.05) is 0 Å². The highest BCUT2D eigenvalue weighted by Gasteiger charge is 2.27. The molecule has 0 radical (unpaired) electrons. The van der Waals surface area contributed by atoms with Gasteiger partial charge in [0, 0.05) is 18.7 Å². The van der Waals surface area contributed by atoms with Crippen molar-refractivity contribution < 1.29 is 5.11 Å². The number of hydrogen-bond acceptors (Lipinski definition) is 2. The Hall–Kier alpha value is -0.0800. The second-order valence-electron chi connectivity index (χ2n) is 6.86. The van der Waals surface area contributed by atoms with E-state index in [0.717, 1.165) is 12.0 Å². The molecule has 4 atom stereocenters. The van der Waals surface area contributed by atoms with Gasteiger partial charge >= 0.3 is 0 Å². The van der Waals surface area contributed by atoms with Crippen LogP contribution in [0.5, 0.6) is 0 Å². The van der Waals surface area contributed by atoms with E-state index >= 15 is 0 Å². The lowest BCUT2D eigenvalue weighted by Crippen LogP contribution is -2.45. The van der Waals surface area contributed by atoms with Crippen molar-refractivity contribution in [2.45, 2.75) is 89.6 Å². The zero-order valence-electron chi connectivity index (χ0n) is 12.7. The Morgan fingerprint density at radius 2 is 1.79 bits per heavy atom. The molecular weight excluding hydrogens is 234 g/mol. The minimum absolute atomic E-state index is 0.378. The lowest BCUT2D eigenvalue weighted by atomic mass is 9.84. The molecule has 2 aliphatic carbocycles. The van der Waals surface area contributed by atoms with Crippen molar-refractivity contribution in [3.05, 3.63) is 0 Å². The van der Waals surface area contributed by atoms with Gasteiger partial charge < -0.3 is 10.4 Å². The highest BCUT2D eigenvalue weighted by atomic mass is 16.3. The van der Waals surface area contributed by atoms with Crippen LogP contribution in [0.3, 0.4) is 0 Å². The minimum Gasteiger partial charge on any atom is -0.396 e. The van der Waals surface area contributed by atoms with Crippen LogP contribution in [0, 0.1) is 11.8 Å². The smallest absolute Gasteiger partial charge is 0.0474 e. The third kappa shape index (κ3) is 4.75. The van der Waals surface area contributed by atoms with Gasteiger partial charge in [0.25, 0.3) is 0 Å². The number of nitrogens with one attached hydrogen (secondary N) is 1. The molecule has 2 N–H and O–H groups in total. The van der Waals surface area contributed by atoms with Crippen molar-refractivity contribution in [1.29, 1.82) is 0 Å². The van der Waals surface area contributed by atoms with Crippen LogP contribution in [0.15, 0.2) is 0 Å². The first kappa shape index (κ1) is 15.3. The summed E-state index contributed by atoms with van der Waals surface area (Å²) in [7, 11) is 0. The third-order valence-corrected chi connectivity index (χ3v) is 5.38. The SMILES string of the molecule is CCCC1CCCC(NC2CCCCC2CO)CC1. The van der Waals surface area contributed by atoms with Crippen molar-refractivity contribution in [2.24, 2.45) is 11.8 Å². The van der Waals surface area contributed by atoms with Crippen molar-refractivity contribution in [3.8, 4) is 0 Å². The fraction of sp³-hybridized carbons (Fsp3) is 1.00. The molecule has 0 heterocycles. The summed E-state index contributed by atoms with van der Waals surface area (Å²) in [6.07, 6.45) is 14.9. The van der Waals surface area contributed by atoms with E-state index in [9.17, 15) is 5.11 Å². The molecular formula is C17H33NO. The van der Waals surface area contributed by atoms with Gasteiger partial charge in [-0.25, -0.2) is 0 Å². The molecule has 0 aliphatic heterocycles. The summed E-state index contributed by atoms with van der Waals surface area (Å²) in [5, 5.41) is 13.4. The molecule has 0 bridgehead atoms. The summed E-state index contributed by atoms with van der Waals surface area (Å²) in [5.74, 6) is 1.50. The Labute approximate surface area is 119 Å². The van der Waals surface area contributed by atoms with Gasteiger partial charge in [-0.15, -0.1) is 0 Å². The monoisotopic (exact) mass is 267 g/mol. The van der Waals surface area contributed by atoms with E-state index in [4.69, 9.17) is 0 Å². The number of aliphatic hydroxyl groups excluding tert-OH is 1. The van der Waals surface area contributed by atoms with Crippen molar-refractivity contribution in [2.75, 3.05) is 6.61 Å². The van der Waals surface area contributed by atoms with Gasteiger partial charge in [0.05, 0.1) is 0 Å². The summed E-state index contributed by atoms with van der Waals surface area (Å²) in [5.41, 5.74) is 0. The van der Waals surface area contributed by atoms with Crippen molar-refractivity contribution >= 4 is 0 Å². The average Bonchev–Trinajstić information content (AvgIpc) is 2.66. The summed E-state index contributed by atoms with van der Waals surface area (Å²) >= 11 is 0. The number of aliphatic hydroxyl groups is 1. The lowest BCUT2D eigenvalue weighted by molar-refractivity contribution is 0.143. The topological polar surface area (TPSA) is 32.3 Å². The van der Waals surface area contributed by atoms with Crippen LogP contribution in [0.25, 0.3) is 0 Å². The van der Waals surface area contributed by atoms with E-state index < -0.39 is 0 Å². The molecule has 0 aromatic carbocycles. The Balaban J connectivity index is 1.78. The number of hydrogen-bond donors (Lipinski definition) is 2. The predicted octanol–water partition coefficient (Wildman–Crippen LogP) is 3.88. The van der Waals surface area contributed by atoms with Gasteiger partial charge in [0.1, 0.15) is 0 Å². The summed E-state index contributed by atoms with van der Waals surface area (Å²) in [4.78, 5) is 0. The van der Waals surface area contributed by atoms with Gasteiger partial charge in [0.2, 0.25) is 0 Å². The molecule has 2 heteroatoms. The maximum atomic E-state index is 9.52. The molecule has 0 amide bonds. The maximum Gasteiger partial charge on any atom is 0.0474 e. The highest BCUT2D eigenvalue weighted by Crippen LogP contribution is 2.29. The van der Waals surface area contributed by atoms with E-state index in [2.05, 4.69) is 12.2 Å². The molecule has 2 rings (SSSR count). The maximum absolute atomic E-state index is 9.52. The molecule has 0 aromatic heterocycles. The average molecular weight is 267 g/mol. The zero-order valence-corrected chi connectivity index (χ0v) is 12.7. The van der Waals surface area contributed by atoms with Gasteiger partial charge in [-0.2, -0.15) is 0 Å². The Kier molecular flexibility index (Phi) is 6.66. The summed E-state index contributed by atoms with van der Waals surface area (Å²) in [6, 6.07) is 1.31. The molecule has 2 saturated carbocycles. The summed E-state index contributed by atoms with van der Waals surface area (Å²) in [6.45, 7) is 2.69. The van der Waals surface area contributed by atoms with Crippen LogP contribution in [-0.4, -0.2) is 23.8 Å². The fourth-order valence-corrected chi connectivity index (χ4v) is 4.19. The predicted molar refractivity (Wildman–Crippen MR) is 81.2 cm³/mol. The van der Waals surface area contributed by atoms with Crippen molar-refractivity contribution in [3.63, 3.8) is 0 Å². The van der Waals surface area contributed by atoms with Crippen LogP contribution >= 0.6 is 0 Å². The van der Waals surface area contributed by atoms with Crippen LogP contribution in [-0.2, 0) is 0 Å². The van der Waals surface area contributed by atoms with Gasteiger partial charge in [-0.1, -0.05) is 45.4 Å². The normalized spacial score (nSPS) is 36.9. The van der Waals surface area contributed by atoms with Gasteiger partial charge in [-0.3, -0.25) is 0 Å². The number of rotatable bonds is 5. The van der Waals surface area contributed by atoms with Crippen molar-refractivity contribution in [1.82, 2.24) is 5.32 Å². The molecule has 19 heavy (non-hydrogen) atoms. The third-order valence-electron chi connectivity index (χ3n) is 5.38. The van der Waals surface area contributed by atoms with Crippen LogP contribution in [0.2, 0.25) is 0 Å². The quantitative estimate of drug-likeness (QED) is 0.741. The molecule has 2 aliphatic rings. The Morgan fingerprint density at radius 3 is 2.58 bits per heavy atom. The van der Waals surface area contributed by atoms with E-state index in [1.54, 1.807) is 0 Å². The highest BCUT2D eigenvalue weighted by molar-refractivity contribution is 4.85. The first-order chi connectivity index (χ1) is 9.33. The summed E-state index contributed by atoms with van der Waals surface area (Å²) < 4.78 is 0. The first-order valence-electron chi connectivity index (χ1n) is 8.70.